The SMILES string of the molecule is CC(=O)N[C@H]1[C@H](O[C@H]2[C@H](O[C@H]3O[C@H](C)[C@H](O)[C@H](O)[C@@H]3O)[C@H](O)[C@H](C)O[C@H]2O)O[C@H](CO)[C@@H](O)[C@@H]1O[C@@H]1O[C@@H](C)[C@@H](O)[C@@H](O[C@H]2O[C@H](CO)[C@@H](O)[C@H](O)[C@H]2O)[C@@H]1O. The largest absolute Gasteiger partial charge is 0.394 e. The van der Waals surface area contributed by atoms with Gasteiger partial charge in [0.15, 0.2) is 31.5 Å². The van der Waals surface area contributed by atoms with Gasteiger partial charge in [-0.15, -0.1) is 0 Å². The molecular weight excluding hydrogens is 766 g/mol. The van der Waals surface area contributed by atoms with Crippen LogP contribution in [0, 0.1) is 0 Å². The Hall–Kier alpha value is -1.41. The number of hydrogen-bond acceptors (Lipinski definition) is 23. The van der Waals surface area contributed by atoms with Crippen LogP contribution in [-0.4, -0.2) is 239 Å². The average Bonchev–Trinajstić information content (AvgIpc) is 3.15. The van der Waals surface area contributed by atoms with Gasteiger partial charge >= 0.3 is 0 Å². The van der Waals surface area contributed by atoms with Crippen molar-refractivity contribution < 1.29 is 114 Å². The molecule has 24 heteroatoms. The second kappa shape index (κ2) is 18.9. The smallest absolute Gasteiger partial charge is 0.217 e. The van der Waals surface area contributed by atoms with Crippen molar-refractivity contribution in [2.45, 2.75) is 181 Å². The molecule has 0 radical (unpaired) electrons. The van der Waals surface area contributed by atoms with Crippen molar-refractivity contribution >= 4 is 5.91 Å². The number of amides is 1. The normalized spacial score (nSPS) is 53.1. The molecule has 1 amide bonds. The van der Waals surface area contributed by atoms with Crippen LogP contribution in [0.5, 0.6) is 0 Å². The molecule has 0 saturated carbocycles. The van der Waals surface area contributed by atoms with Gasteiger partial charge in [0, 0.05) is 6.92 Å². The first-order valence-corrected chi connectivity index (χ1v) is 18.2. The van der Waals surface area contributed by atoms with E-state index in [1.807, 2.05) is 0 Å². The van der Waals surface area contributed by atoms with Crippen LogP contribution in [0.25, 0.3) is 0 Å². The lowest BCUT2D eigenvalue weighted by Crippen LogP contribution is -2.70. The van der Waals surface area contributed by atoms with Gasteiger partial charge in [0.25, 0.3) is 0 Å². The molecule has 24 nitrogen and oxygen atoms in total. The van der Waals surface area contributed by atoms with Gasteiger partial charge in [0.2, 0.25) is 5.91 Å². The van der Waals surface area contributed by atoms with Gasteiger partial charge in [0.05, 0.1) is 31.5 Å². The van der Waals surface area contributed by atoms with Crippen molar-refractivity contribution in [3.05, 3.63) is 0 Å². The van der Waals surface area contributed by atoms with Crippen LogP contribution in [-0.2, 0) is 47.4 Å². The fourth-order valence-corrected chi connectivity index (χ4v) is 7.23. The topological polar surface area (TPSA) is 375 Å². The van der Waals surface area contributed by atoms with Crippen LogP contribution in [0.4, 0.5) is 0 Å². The summed E-state index contributed by atoms with van der Waals surface area (Å²) in [7, 11) is 0. The van der Waals surface area contributed by atoms with E-state index in [9.17, 15) is 71.2 Å². The molecular formula is C32H55NO23. The fraction of sp³-hybridized carbons (Fsp3) is 0.969. The number of hydrogen-bond donors (Lipinski definition) is 14. The summed E-state index contributed by atoms with van der Waals surface area (Å²) in [6.07, 6.45) is -40.0. The predicted molar refractivity (Wildman–Crippen MR) is 174 cm³/mol. The number of carbonyl (C=O) groups excluding carboxylic acids is 1. The molecule has 14 N–H and O–H groups in total. The van der Waals surface area contributed by atoms with E-state index in [-0.39, 0.29) is 0 Å². The Labute approximate surface area is 319 Å². The minimum absolute atomic E-state index is 0.754. The second-order valence-electron chi connectivity index (χ2n) is 14.6. The van der Waals surface area contributed by atoms with Crippen LogP contribution < -0.4 is 5.32 Å². The highest BCUT2D eigenvalue weighted by atomic mass is 16.8. The molecule has 0 unspecified atom stereocenters. The Balaban J connectivity index is 1.40. The van der Waals surface area contributed by atoms with E-state index < -0.39 is 173 Å². The summed E-state index contributed by atoms with van der Waals surface area (Å²) in [5, 5.41) is 140. The monoisotopic (exact) mass is 821 g/mol. The van der Waals surface area contributed by atoms with Gasteiger partial charge in [-0.25, -0.2) is 0 Å². The van der Waals surface area contributed by atoms with E-state index in [1.54, 1.807) is 0 Å². The minimum Gasteiger partial charge on any atom is -0.394 e. The van der Waals surface area contributed by atoms with E-state index in [0.717, 1.165) is 6.92 Å². The number of ether oxygens (including phenoxy) is 9. The molecule has 5 heterocycles. The van der Waals surface area contributed by atoms with E-state index >= 15 is 0 Å². The fourth-order valence-electron chi connectivity index (χ4n) is 7.23. The quantitative estimate of drug-likeness (QED) is 0.0920. The lowest BCUT2D eigenvalue weighted by molar-refractivity contribution is -0.388. The maximum absolute atomic E-state index is 12.6. The van der Waals surface area contributed by atoms with Gasteiger partial charge in [-0.1, -0.05) is 0 Å². The van der Waals surface area contributed by atoms with E-state index in [1.165, 1.54) is 20.8 Å². The second-order valence-corrected chi connectivity index (χ2v) is 14.6. The third kappa shape index (κ3) is 9.31. The predicted octanol–water partition coefficient (Wildman–Crippen LogP) is -8.70. The van der Waals surface area contributed by atoms with E-state index in [2.05, 4.69) is 5.32 Å². The zero-order valence-corrected chi connectivity index (χ0v) is 30.7. The highest BCUT2D eigenvalue weighted by Gasteiger charge is 2.56. The third-order valence-corrected chi connectivity index (χ3v) is 10.6. The standard InChI is InChI=1S/C32H55NO23/c1-7-14(37)19(42)21(44)30(49-7)55-26-16(39)8(2)48-28(47)27(26)56-29-13(33-10(4)36)24(18(41)12(6-35)51-29)53-32-23(46)25(15(38)9(3)50-32)54-31-22(45)20(43)17(40)11(5-34)52-31/h7-9,11-32,34-35,37-47H,5-6H2,1-4H3,(H,33,36)/t7-,8+,9+,11-,12-,13-,14+,15-,16-,17-,18-,19+,20+,21+,22-,23+,24-,25-,26-,27+,28-,29+,30-,31-,32+/m1/s1. The van der Waals surface area contributed by atoms with Crippen molar-refractivity contribution in [2.75, 3.05) is 13.2 Å². The Morgan fingerprint density at radius 3 is 1.48 bits per heavy atom. The van der Waals surface area contributed by atoms with E-state index in [4.69, 9.17) is 42.6 Å². The van der Waals surface area contributed by atoms with Gasteiger partial charge in [-0.2, -0.15) is 0 Å². The van der Waals surface area contributed by atoms with Crippen molar-refractivity contribution in [1.82, 2.24) is 5.32 Å². The zero-order chi connectivity index (χ0) is 41.5. The summed E-state index contributed by atoms with van der Waals surface area (Å²) < 4.78 is 51.3. The summed E-state index contributed by atoms with van der Waals surface area (Å²) in [4.78, 5) is 12.6. The summed E-state index contributed by atoms with van der Waals surface area (Å²) >= 11 is 0. The van der Waals surface area contributed by atoms with E-state index in [0.29, 0.717) is 0 Å². The first kappa shape index (κ1) is 45.7. The Morgan fingerprint density at radius 2 is 0.893 bits per heavy atom. The molecule has 0 bridgehead atoms. The molecule has 5 aliphatic rings. The average molecular weight is 822 g/mol. The van der Waals surface area contributed by atoms with Crippen LogP contribution in [0.2, 0.25) is 0 Å². The molecule has 0 aromatic rings. The molecule has 5 saturated heterocycles. The molecule has 25 atom stereocenters. The number of aliphatic hydroxyl groups is 13. The molecule has 0 aliphatic carbocycles. The molecule has 0 aromatic heterocycles. The van der Waals surface area contributed by atoms with Crippen LogP contribution in [0.3, 0.4) is 0 Å². The van der Waals surface area contributed by atoms with Gasteiger partial charge < -0.3 is 114 Å². The van der Waals surface area contributed by atoms with Crippen molar-refractivity contribution in [1.29, 1.82) is 0 Å². The summed E-state index contributed by atoms with van der Waals surface area (Å²) in [5.41, 5.74) is 0. The summed E-state index contributed by atoms with van der Waals surface area (Å²) in [5.74, 6) is -0.754. The number of rotatable bonds is 11. The first-order valence-electron chi connectivity index (χ1n) is 18.2. The van der Waals surface area contributed by atoms with Crippen LogP contribution in [0.1, 0.15) is 27.7 Å². The van der Waals surface area contributed by atoms with Gasteiger partial charge in [0.1, 0.15) is 104 Å². The molecule has 0 aromatic carbocycles. The summed E-state index contributed by atoms with van der Waals surface area (Å²) in [6, 6.07) is -1.61. The lowest BCUT2D eigenvalue weighted by atomic mass is 9.94. The maximum Gasteiger partial charge on any atom is 0.217 e. The molecule has 56 heavy (non-hydrogen) atoms. The Kier molecular flexibility index (Phi) is 15.4. The number of aliphatic hydroxyl groups excluding tert-OH is 13. The van der Waals surface area contributed by atoms with Crippen LogP contribution in [0.15, 0.2) is 0 Å². The first-order chi connectivity index (χ1) is 26.3. The molecule has 326 valence electrons. The van der Waals surface area contributed by atoms with Crippen molar-refractivity contribution in [2.24, 2.45) is 0 Å². The van der Waals surface area contributed by atoms with Crippen molar-refractivity contribution in [3.8, 4) is 0 Å². The molecule has 5 aliphatic heterocycles. The maximum atomic E-state index is 12.6. The third-order valence-electron chi connectivity index (χ3n) is 10.6. The molecule has 5 rings (SSSR count). The number of carbonyl (C=O) groups is 1. The molecule has 5 fully saturated rings. The Morgan fingerprint density at radius 1 is 0.464 bits per heavy atom. The van der Waals surface area contributed by atoms with Crippen molar-refractivity contribution in [3.63, 3.8) is 0 Å². The lowest BCUT2D eigenvalue weighted by Gasteiger charge is -2.50. The van der Waals surface area contributed by atoms with Crippen LogP contribution >= 0.6 is 0 Å². The minimum atomic E-state index is -1.99. The number of nitrogens with one attached hydrogen (secondary N) is 1. The highest BCUT2D eigenvalue weighted by Crippen LogP contribution is 2.36. The van der Waals surface area contributed by atoms with Gasteiger partial charge in [-0.05, 0) is 20.8 Å². The molecule has 0 spiro atoms. The zero-order valence-electron chi connectivity index (χ0n) is 30.7. The Bertz CT molecular complexity index is 1270. The highest BCUT2D eigenvalue weighted by molar-refractivity contribution is 5.73. The summed E-state index contributed by atoms with van der Waals surface area (Å²) in [6.45, 7) is 3.48. The van der Waals surface area contributed by atoms with Gasteiger partial charge in [-0.3, -0.25) is 4.79 Å².